The van der Waals surface area contributed by atoms with Gasteiger partial charge in [-0.1, -0.05) is 86.6 Å². The highest BCUT2D eigenvalue weighted by Gasteiger charge is 2.39. The standard InChI is InChI=1S/C28H33NO2.C2H2O4/c1-3-29(4-2)19-20-30-25-17-15-23(16-18-25)27-26(22-11-7-5-8-12-22)21-31-28(27)24-13-9-6-10-14-24;3-1(4)2(5)6/h5-18,26-28H,3-4,19-21H2,1-2H3;(H,3,4)(H,5,6). The number of carbonyl (C=O) groups is 2. The van der Waals surface area contributed by atoms with E-state index in [0.717, 1.165) is 32.0 Å². The Morgan fingerprint density at radius 3 is 1.86 bits per heavy atom. The van der Waals surface area contributed by atoms with Gasteiger partial charge in [0.05, 0.1) is 12.7 Å². The minimum Gasteiger partial charge on any atom is -0.492 e. The second-order valence-corrected chi connectivity index (χ2v) is 8.76. The third-order valence-electron chi connectivity index (χ3n) is 6.59. The molecule has 7 heteroatoms. The van der Waals surface area contributed by atoms with Crippen LogP contribution >= 0.6 is 0 Å². The van der Waals surface area contributed by atoms with Crippen molar-refractivity contribution in [3.05, 3.63) is 102 Å². The molecular weight excluding hydrogens is 470 g/mol. The second kappa shape index (κ2) is 14.2. The maximum atomic E-state index is 9.10. The zero-order valence-electron chi connectivity index (χ0n) is 21.3. The van der Waals surface area contributed by atoms with Crippen molar-refractivity contribution in [1.82, 2.24) is 4.90 Å². The molecule has 3 unspecified atom stereocenters. The molecule has 0 aliphatic carbocycles. The van der Waals surface area contributed by atoms with Crippen LogP contribution in [0.1, 0.15) is 48.5 Å². The number of rotatable bonds is 9. The average molecular weight is 506 g/mol. The van der Waals surface area contributed by atoms with Crippen LogP contribution in [0, 0.1) is 0 Å². The molecule has 3 aromatic carbocycles. The highest BCUT2D eigenvalue weighted by molar-refractivity contribution is 6.27. The van der Waals surface area contributed by atoms with E-state index in [2.05, 4.69) is 104 Å². The van der Waals surface area contributed by atoms with Crippen LogP contribution in [0.5, 0.6) is 5.75 Å². The molecule has 0 bridgehead atoms. The highest BCUT2D eigenvalue weighted by Crippen LogP contribution is 2.49. The molecule has 0 saturated carbocycles. The van der Waals surface area contributed by atoms with Gasteiger partial charge in [0, 0.05) is 18.4 Å². The number of carboxylic acid groups (broad SMARTS) is 2. The van der Waals surface area contributed by atoms with Crippen molar-refractivity contribution < 1.29 is 29.3 Å². The zero-order valence-corrected chi connectivity index (χ0v) is 21.3. The first kappa shape index (κ1) is 27.9. The van der Waals surface area contributed by atoms with Crippen molar-refractivity contribution in [1.29, 1.82) is 0 Å². The number of aliphatic carboxylic acids is 2. The number of hydrogen-bond acceptors (Lipinski definition) is 5. The topological polar surface area (TPSA) is 96.3 Å². The first-order valence-corrected chi connectivity index (χ1v) is 12.6. The van der Waals surface area contributed by atoms with Crippen molar-refractivity contribution in [2.75, 3.05) is 32.8 Å². The molecule has 1 aliphatic heterocycles. The summed E-state index contributed by atoms with van der Waals surface area (Å²) >= 11 is 0. The van der Waals surface area contributed by atoms with Crippen molar-refractivity contribution in [2.24, 2.45) is 0 Å². The minimum atomic E-state index is -1.82. The molecular formula is C30H35NO6. The van der Waals surface area contributed by atoms with Gasteiger partial charge in [-0.05, 0) is 41.9 Å². The van der Waals surface area contributed by atoms with Gasteiger partial charge in [0.2, 0.25) is 0 Å². The van der Waals surface area contributed by atoms with Crippen LogP contribution in [0.4, 0.5) is 0 Å². The van der Waals surface area contributed by atoms with Gasteiger partial charge >= 0.3 is 11.9 Å². The van der Waals surface area contributed by atoms with Gasteiger partial charge in [-0.2, -0.15) is 0 Å². The van der Waals surface area contributed by atoms with Crippen LogP contribution < -0.4 is 4.74 Å². The van der Waals surface area contributed by atoms with E-state index >= 15 is 0 Å². The molecule has 3 atom stereocenters. The molecule has 0 aromatic heterocycles. The summed E-state index contributed by atoms with van der Waals surface area (Å²) in [6.07, 6.45) is 0.0563. The Morgan fingerprint density at radius 2 is 1.35 bits per heavy atom. The Morgan fingerprint density at radius 1 is 0.811 bits per heavy atom. The van der Waals surface area contributed by atoms with Gasteiger partial charge in [0.1, 0.15) is 12.4 Å². The Bertz CT molecular complexity index is 1040. The second-order valence-electron chi connectivity index (χ2n) is 8.76. The molecule has 3 aromatic rings. The maximum absolute atomic E-state index is 9.10. The van der Waals surface area contributed by atoms with E-state index in [1.165, 1.54) is 16.7 Å². The van der Waals surface area contributed by atoms with E-state index < -0.39 is 11.9 Å². The van der Waals surface area contributed by atoms with Crippen LogP contribution in [-0.2, 0) is 14.3 Å². The van der Waals surface area contributed by atoms with E-state index in [0.29, 0.717) is 12.5 Å². The summed E-state index contributed by atoms with van der Waals surface area (Å²) in [6, 6.07) is 30.0. The zero-order chi connectivity index (χ0) is 26.6. The van der Waals surface area contributed by atoms with Crippen LogP contribution in [0.3, 0.4) is 0 Å². The van der Waals surface area contributed by atoms with Crippen molar-refractivity contribution in [3.63, 3.8) is 0 Å². The molecule has 1 fully saturated rings. The highest BCUT2D eigenvalue weighted by atomic mass is 16.5. The summed E-state index contributed by atoms with van der Waals surface area (Å²) in [5, 5.41) is 14.8. The first-order chi connectivity index (χ1) is 17.9. The SMILES string of the molecule is CCN(CC)CCOc1ccc(C2C(c3ccccc3)COC2c2ccccc2)cc1.O=C(O)C(=O)O. The number of likely N-dealkylation sites (N-methyl/N-ethyl adjacent to an activating group) is 1. The van der Waals surface area contributed by atoms with Crippen LogP contribution in [0.15, 0.2) is 84.9 Å². The predicted molar refractivity (Wildman–Crippen MR) is 142 cm³/mol. The van der Waals surface area contributed by atoms with E-state index in [1.807, 2.05) is 0 Å². The fourth-order valence-corrected chi connectivity index (χ4v) is 4.60. The molecule has 1 saturated heterocycles. The number of ether oxygens (including phenoxy) is 2. The first-order valence-electron chi connectivity index (χ1n) is 12.6. The van der Waals surface area contributed by atoms with Crippen LogP contribution in [0.25, 0.3) is 0 Å². The summed E-state index contributed by atoms with van der Waals surface area (Å²) in [5.74, 6) is -2.11. The Kier molecular flexibility index (Phi) is 10.7. The molecule has 2 N–H and O–H groups in total. The Balaban J connectivity index is 0.000000568. The normalized spacial score (nSPS) is 18.6. The number of hydrogen-bond donors (Lipinski definition) is 2. The van der Waals surface area contributed by atoms with E-state index in [4.69, 9.17) is 29.3 Å². The van der Waals surface area contributed by atoms with Gasteiger partial charge in [-0.15, -0.1) is 0 Å². The fraction of sp³-hybridized carbons (Fsp3) is 0.333. The summed E-state index contributed by atoms with van der Waals surface area (Å²) < 4.78 is 12.4. The monoisotopic (exact) mass is 505 g/mol. The fourth-order valence-electron chi connectivity index (χ4n) is 4.60. The van der Waals surface area contributed by atoms with Crippen molar-refractivity contribution in [2.45, 2.75) is 31.8 Å². The van der Waals surface area contributed by atoms with Crippen LogP contribution in [-0.4, -0.2) is 59.9 Å². The molecule has 0 radical (unpaired) electrons. The Labute approximate surface area is 218 Å². The average Bonchev–Trinajstić information content (AvgIpc) is 3.38. The lowest BCUT2D eigenvalue weighted by molar-refractivity contribution is -0.159. The van der Waals surface area contributed by atoms with Gasteiger partial charge < -0.3 is 24.6 Å². The largest absolute Gasteiger partial charge is 0.492 e. The summed E-state index contributed by atoms with van der Waals surface area (Å²) in [4.78, 5) is 20.6. The third-order valence-corrected chi connectivity index (χ3v) is 6.59. The van der Waals surface area contributed by atoms with Gasteiger partial charge in [0.15, 0.2) is 0 Å². The van der Waals surface area contributed by atoms with Crippen molar-refractivity contribution >= 4 is 11.9 Å². The Hall–Kier alpha value is -3.68. The summed E-state index contributed by atoms with van der Waals surface area (Å²) in [7, 11) is 0. The minimum absolute atomic E-state index is 0.0563. The lowest BCUT2D eigenvalue weighted by Gasteiger charge is -2.24. The molecule has 4 rings (SSSR count). The van der Waals surface area contributed by atoms with E-state index in [1.54, 1.807) is 0 Å². The summed E-state index contributed by atoms with van der Waals surface area (Å²) in [6.45, 7) is 8.90. The molecule has 37 heavy (non-hydrogen) atoms. The molecule has 1 heterocycles. The molecule has 196 valence electrons. The van der Waals surface area contributed by atoms with Gasteiger partial charge in [-0.3, -0.25) is 0 Å². The smallest absolute Gasteiger partial charge is 0.414 e. The molecule has 0 spiro atoms. The maximum Gasteiger partial charge on any atom is 0.414 e. The van der Waals surface area contributed by atoms with Crippen LogP contribution in [0.2, 0.25) is 0 Å². The van der Waals surface area contributed by atoms with E-state index in [9.17, 15) is 0 Å². The van der Waals surface area contributed by atoms with Gasteiger partial charge in [-0.25, -0.2) is 9.59 Å². The lowest BCUT2D eigenvalue weighted by atomic mass is 9.79. The van der Waals surface area contributed by atoms with Crippen molar-refractivity contribution in [3.8, 4) is 5.75 Å². The quantitative estimate of drug-likeness (QED) is 0.386. The third kappa shape index (κ3) is 7.90. The summed E-state index contributed by atoms with van der Waals surface area (Å²) in [5.41, 5.74) is 3.88. The number of benzene rings is 3. The molecule has 7 nitrogen and oxygen atoms in total. The predicted octanol–water partition coefficient (Wildman–Crippen LogP) is 5.20. The lowest BCUT2D eigenvalue weighted by Crippen LogP contribution is -2.27. The van der Waals surface area contributed by atoms with Gasteiger partial charge in [0.25, 0.3) is 0 Å². The number of nitrogens with zero attached hydrogens (tertiary/aromatic N) is 1. The molecule has 1 aliphatic rings. The number of carboxylic acids is 2. The molecule has 0 amide bonds. The van der Waals surface area contributed by atoms with E-state index in [-0.39, 0.29) is 12.0 Å².